The highest BCUT2D eigenvalue weighted by Crippen LogP contribution is 2.17. The molecule has 1 aromatic heterocycles. The zero-order valence-corrected chi connectivity index (χ0v) is 36.9. The Kier molecular flexibility index (Phi) is 27.4. The maximum Gasteiger partial charge on any atom is 0.272 e. The Hall–Kier alpha value is -1.93. The summed E-state index contributed by atoms with van der Waals surface area (Å²) >= 11 is 0. The van der Waals surface area contributed by atoms with Crippen molar-refractivity contribution in [1.29, 1.82) is 0 Å². The summed E-state index contributed by atoms with van der Waals surface area (Å²) < 4.78 is 46.1. The highest BCUT2D eigenvalue weighted by molar-refractivity contribution is 7.91. The van der Waals surface area contributed by atoms with Gasteiger partial charge in [0.15, 0.2) is 9.84 Å². The van der Waals surface area contributed by atoms with Crippen LogP contribution in [0.4, 0.5) is 8.78 Å². The molecule has 16 nitrogen and oxygen atoms in total. The van der Waals surface area contributed by atoms with Crippen molar-refractivity contribution in [3.63, 3.8) is 0 Å². The van der Waals surface area contributed by atoms with E-state index in [-0.39, 0.29) is 42.0 Å². The van der Waals surface area contributed by atoms with Crippen molar-refractivity contribution in [2.24, 2.45) is 5.41 Å². The third-order valence-corrected chi connectivity index (χ3v) is 11.8. The van der Waals surface area contributed by atoms with Gasteiger partial charge in [-0.2, -0.15) is 5.10 Å². The minimum atomic E-state index is -2.73. The minimum absolute atomic E-state index is 0.0365. The van der Waals surface area contributed by atoms with Crippen LogP contribution < -0.4 is 42.5 Å². The molecule has 7 aliphatic rings. The molecule has 11 N–H and O–H groups in total. The van der Waals surface area contributed by atoms with Crippen molar-refractivity contribution in [2.45, 2.75) is 107 Å². The number of nitrogens with zero attached hydrogens (tertiary/aromatic N) is 3. The predicted molar refractivity (Wildman–Crippen MR) is 229 cm³/mol. The van der Waals surface area contributed by atoms with E-state index in [0.29, 0.717) is 31.8 Å². The van der Waals surface area contributed by atoms with Gasteiger partial charge in [0.1, 0.15) is 0 Å². The highest BCUT2D eigenvalue weighted by Gasteiger charge is 2.36. The van der Waals surface area contributed by atoms with Gasteiger partial charge < -0.3 is 62.7 Å². The average molecular weight is 852 g/mol. The number of hydrogen-bond donors (Lipinski definition) is 11. The molecular weight excluding hydrogens is 773 g/mol. The smallest absolute Gasteiger partial charge is 0.272 e. The number of aromatic nitrogens is 2. The van der Waals surface area contributed by atoms with E-state index in [1.165, 1.54) is 38.4 Å². The molecule has 0 radical (unpaired) electrons. The Morgan fingerprint density at radius 1 is 0.914 bits per heavy atom. The first kappa shape index (κ1) is 54.1. The quantitative estimate of drug-likeness (QED) is 0.163. The lowest BCUT2D eigenvalue weighted by atomic mass is 9.95. The molecular formula is C39H79F2N11O5S. The second-order valence-corrected chi connectivity index (χ2v) is 19.2. The van der Waals surface area contributed by atoms with E-state index in [1.807, 2.05) is 51.0 Å². The van der Waals surface area contributed by atoms with E-state index in [2.05, 4.69) is 59.5 Å². The van der Waals surface area contributed by atoms with E-state index in [4.69, 9.17) is 21.9 Å². The summed E-state index contributed by atoms with van der Waals surface area (Å²) in [5.74, 6) is -2.39. The van der Waals surface area contributed by atoms with Crippen LogP contribution in [0.1, 0.15) is 71.8 Å². The third kappa shape index (κ3) is 25.6. The van der Waals surface area contributed by atoms with Gasteiger partial charge >= 0.3 is 0 Å². The van der Waals surface area contributed by atoms with Gasteiger partial charge in [-0.05, 0) is 52.9 Å². The maximum atomic E-state index is 11.5. The van der Waals surface area contributed by atoms with Gasteiger partial charge in [-0.3, -0.25) is 4.68 Å². The lowest BCUT2D eigenvalue weighted by Crippen LogP contribution is -2.57. The van der Waals surface area contributed by atoms with Crippen LogP contribution in [0, 0.1) is 12.0 Å². The SMILES string of the molecule is CC1(O)CNC1.CNC1CCCCC1.CNCC(C)(C)CO.CS(=O)(=O)C1CNC1.FC1(F)CNC1.OCC1CCN1.[C-]#[N+]C1CCNC1.c1cnn(C2CNC2)c1. The van der Waals surface area contributed by atoms with Gasteiger partial charge in [0.25, 0.3) is 5.92 Å². The molecule has 7 fully saturated rings. The Bertz CT molecular complexity index is 1270. The molecule has 1 aliphatic carbocycles. The van der Waals surface area contributed by atoms with E-state index >= 15 is 0 Å². The number of alkyl halides is 2. The fourth-order valence-electron chi connectivity index (χ4n) is 5.50. The van der Waals surface area contributed by atoms with Crippen molar-refractivity contribution >= 4 is 9.84 Å². The van der Waals surface area contributed by atoms with Crippen LogP contribution in [0.3, 0.4) is 0 Å². The van der Waals surface area contributed by atoms with Crippen molar-refractivity contribution in [3.05, 3.63) is 29.9 Å². The standard InChI is InChI=1S/C7H15N.C6H9N3.C6H15NO.C5H8N2.C4H9NO2S.2C4H9NO.C3H5F2N/c1-8-7-5-3-2-4-6-7;1-2-8-9(3-1)6-4-7-5-6;1-6(2,5-8)4-7-3;1-6-5-2-3-7-4-5;1-8(6,7)4-2-5-3-4;1-4(6)2-5-3-4;6-3-4-1-2-5-4;4-3(5)1-6-2-3/h7-8H,2-6H2,1H3;1-3,6-7H,4-5H2;7-8H,4-5H2,1-3H3;5,7H,2-4H2;4-5H,2-3H2,1H3;5-6H,2-3H2,1H3;4-6H,1-3H2;6H,1-2H2. The third-order valence-electron chi connectivity index (χ3n) is 10.2. The number of sulfone groups is 1. The van der Waals surface area contributed by atoms with Crippen LogP contribution in [0.25, 0.3) is 4.85 Å². The van der Waals surface area contributed by atoms with Crippen molar-refractivity contribution in [3.8, 4) is 0 Å². The molecule has 0 spiro atoms. The summed E-state index contributed by atoms with van der Waals surface area (Å²) in [6, 6.07) is 4.10. The molecule has 1 aromatic rings. The molecule has 19 heteroatoms. The normalized spacial score (nSPS) is 24.0. The molecule has 0 aromatic carbocycles. The van der Waals surface area contributed by atoms with E-state index < -0.39 is 15.8 Å². The fraction of sp³-hybridized carbons (Fsp3) is 0.897. The van der Waals surface area contributed by atoms with Crippen molar-refractivity contribution < 1.29 is 32.5 Å². The molecule has 7 heterocycles. The molecule has 6 aliphatic heterocycles. The van der Waals surface area contributed by atoms with Crippen LogP contribution in [-0.4, -0.2) is 181 Å². The zero-order valence-electron chi connectivity index (χ0n) is 36.1. The number of aliphatic hydroxyl groups excluding tert-OH is 2. The Labute approximate surface area is 348 Å². The fourth-order valence-corrected chi connectivity index (χ4v) is 6.34. The van der Waals surface area contributed by atoms with Crippen LogP contribution in [0.5, 0.6) is 0 Å². The largest absolute Gasteiger partial charge is 0.396 e. The van der Waals surface area contributed by atoms with Crippen molar-refractivity contribution in [1.82, 2.24) is 52.3 Å². The summed E-state index contributed by atoms with van der Waals surface area (Å²) in [5, 5.41) is 53.8. The topological polar surface area (TPSA) is 213 Å². The first-order chi connectivity index (χ1) is 27.4. The van der Waals surface area contributed by atoms with Crippen LogP contribution in [-0.2, 0) is 9.84 Å². The maximum absolute atomic E-state index is 11.5. The van der Waals surface area contributed by atoms with E-state index in [0.717, 1.165) is 71.2 Å². The molecule has 1 saturated carbocycles. The molecule has 6 saturated heterocycles. The average Bonchev–Trinajstić information content (AvgIpc) is 3.82. The number of halogens is 2. The minimum Gasteiger partial charge on any atom is -0.396 e. The van der Waals surface area contributed by atoms with Gasteiger partial charge in [0.05, 0.1) is 43.1 Å². The second kappa shape index (κ2) is 29.3. The molecule has 2 unspecified atom stereocenters. The molecule has 2 atom stereocenters. The number of aliphatic hydroxyl groups is 3. The Balaban J connectivity index is 0.000000333. The van der Waals surface area contributed by atoms with E-state index in [1.54, 1.807) is 0 Å². The first-order valence-electron chi connectivity index (χ1n) is 20.9. The summed E-state index contributed by atoms with van der Waals surface area (Å²) in [6.07, 6.45) is 14.4. The molecule has 58 heavy (non-hydrogen) atoms. The molecule has 0 bridgehead atoms. The van der Waals surface area contributed by atoms with Crippen molar-refractivity contribution in [2.75, 3.05) is 112 Å². The molecule has 340 valence electrons. The van der Waals surface area contributed by atoms with E-state index in [9.17, 15) is 17.2 Å². The number of hydrogen-bond acceptors (Lipinski definition) is 14. The first-order valence-corrected chi connectivity index (χ1v) is 22.8. The Morgan fingerprint density at radius 3 is 1.66 bits per heavy atom. The van der Waals surface area contributed by atoms with Gasteiger partial charge in [0.2, 0.25) is 6.04 Å². The summed E-state index contributed by atoms with van der Waals surface area (Å²) in [6.45, 7) is 21.6. The van der Waals surface area contributed by atoms with Gasteiger partial charge in [-0.15, -0.1) is 0 Å². The molecule has 8 rings (SSSR count). The summed E-state index contributed by atoms with van der Waals surface area (Å²) in [7, 11) is 1.22. The lowest BCUT2D eigenvalue weighted by Gasteiger charge is -2.33. The second-order valence-electron chi connectivity index (χ2n) is 16.8. The highest BCUT2D eigenvalue weighted by atomic mass is 32.2. The predicted octanol–water partition coefficient (Wildman–Crippen LogP) is -0.0333. The van der Waals surface area contributed by atoms with Gasteiger partial charge in [-0.25, -0.2) is 23.8 Å². The van der Waals surface area contributed by atoms with Crippen LogP contribution >= 0.6 is 0 Å². The van der Waals surface area contributed by atoms with Gasteiger partial charge in [-0.1, -0.05) is 33.1 Å². The summed E-state index contributed by atoms with van der Waals surface area (Å²) in [4.78, 5) is 3.38. The zero-order chi connectivity index (χ0) is 43.5. The number of rotatable bonds is 7. The Morgan fingerprint density at radius 2 is 1.48 bits per heavy atom. The number of β-amino-alcohol motifs (C(OH)–C–C–N with tert-alkyl or cyclic N) is 1. The number of nitrogens with one attached hydrogen (secondary N) is 8. The van der Waals surface area contributed by atoms with Gasteiger partial charge in [0, 0.05) is 102 Å². The monoisotopic (exact) mass is 852 g/mol. The van der Waals surface area contributed by atoms with Crippen LogP contribution in [0.2, 0.25) is 0 Å². The lowest BCUT2D eigenvalue weighted by molar-refractivity contribution is -0.0475. The molecule has 0 amide bonds. The summed E-state index contributed by atoms with van der Waals surface area (Å²) in [5.41, 5.74) is -0.352. The van der Waals surface area contributed by atoms with Crippen LogP contribution in [0.15, 0.2) is 18.5 Å².